The van der Waals surface area contributed by atoms with Crippen molar-refractivity contribution in [2.75, 3.05) is 66.1 Å². The van der Waals surface area contributed by atoms with Gasteiger partial charge in [0, 0.05) is 13.2 Å². The molecule has 0 rings (SSSR count). The van der Waals surface area contributed by atoms with Crippen molar-refractivity contribution in [1.82, 2.24) is 0 Å². The van der Waals surface area contributed by atoms with Crippen LogP contribution in [0.25, 0.3) is 0 Å². The monoisotopic (exact) mass is 406 g/mol. The molecule has 0 amide bonds. The van der Waals surface area contributed by atoms with E-state index in [1.54, 1.807) is 13.8 Å². The lowest BCUT2D eigenvalue weighted by Crippen LogP contribution is -2.30. The second-order valence-corrected chi connectivity index (χ2v) is 6.36. The second-order valence-electron chi connectivity index (χ2n) is 6.36. The van der Waals surface area contributed by atoms with E-state index in [4.69, 9.17) is 28.4 Å². The number of esters is 2. The third kappa shape index (κ3) is 14.8. The summed E-state index contributed by atoms with van der Waals surface area (Å²) in [5, 5.41) is 0. The molecule has 0 fully saturated rings. The molecular formula is C20H38O8. The fraction of sp³-hybridized carbons (Fsp3) is 0.900. The van der Waals surface area contributed by atoms with Crippen LogP contribution in [0.4, 0.5) is 0 Å². The fourth-order valence-electron chi connectivity index (χ4n) is 2.01. The van der Waals surface area contributed by atoms with Gasteiger partial charge in [0.1, 0.15) is 13.2 Å². The van der Waals surface area contributed by atoms with E-state index in [-0.39, 0.29) is 13.2 Å². The summed E-state index contributed by atoms with van der Waals surface area (Å²) in [6.45, 7) is 11.7. The summed E-state index contributed by atoms with van der Waals surface area (Å²) in [6, 6.07) is 0. The van der Waals surface area contributed by atoms with Crippen LogP contribution in [-0.2, 0) is 38.0 Å². The topological polar surface area (TPSA) is 89.5 Å². The molecule has 0 saturated carbocycles. The van der Waals surface area contributed by atoms with Crippen LogP contribution in [-0.4, -0.2) is 78.0 Å². The molecule has 2 atom stereocenters. The minimum atomic E-state index is -0.594. The Kier molecular flexibility index (Phi) is 18.3. The second kappa shape index (κ2) is 19.1. The summed E-state index contributed by atoms with van der Waals surface area (Å²) < 4.78 is 31.5. The van der Waals surface area contributed by atoms with Crippen LogP contribution in [0.2, 0.25) is 0 Å². The summed E-state index contributed by atoms with van der Waals surface area (Å²) in [4.78, 5) is 24.0. The van der Waals surface area contributed by atoms with Gasteiger partial charge in [-0.3, -0.25) is 9.59 Å². The van der Waals surface area contributed by atoms with Gasteiger partial charge in [-0.05, 0) is 12.8 Å². The van der Waals surface area contributed by atoms with E-state index in [2.05, 4.69) is 0 Å². The van der Waals surface area contributed by atoms with Gasteiger partial charge in [-0.15, -0.1) is 0 Å². The first-order chi connectivity index (χ1) is 13.5. The van der Waals surface area contributed by atoms with Gasteiger partial charge in [-0.25, -0.2) is 0 Å². The molecule has 0 bridgehead atoms. The molecule has 0 saturated heterocycles. The third-order valence-electron chi connectivity index (χ3n) is 3.88. The first kappa shape index (κ1) is 26.8. The Hall–Kier alpha value is -1.22. The number of ether oxygens (including phenoxy) is 6. The van der Waals surface area contributed by atoms with E-state index in [9.17, 15) is 9.59 Å². The molecule has 0 N–H and O–H groups in total. The van der Waals surface area contributed by atoms with Gasteiger partial charge < -0.3 is 28.4 Å². The van der Waals surface area contributed by atoms with Crippen molar-refractivity contribution in [2.45, 2.75) is 40.5 Å². The highest BCUT2D eigenvalue weighted by atomic mass is 16.6. The summed E-state index contributed by atoms with van der Waals surface area (Å²) >= 11 is 0. The van der Waals surface area contributed by atoms with E-state index in [0.29, 0.717) is 52.9 Å². The molecule has 166 valence electrons. The summed E-state index contributed by atoms with van der Waals surface area (Å²) in [6.07, 6.45) is 1.94. The summed E-state index contributed by atoms with van der Waals surface area (Å²) in [5.74, 6) is -2.08. The third-order valence-corrected chi connectivity index (χ3v) is 3.88. The average Bonchev–Trinajstić information content (AvgIpc) is 2.70. The largest absolute Gasteiger partial charge is 0.463 e. The van der Waals surface area contributed by atoms with Crippen molar-refractivity contribution in [3.8, 4) is 0 Å². The van der Waals surface area contributed by atoms with E-state index in [1.165, 1.54) is 0 Å². The van der Waals surface area contributed by atoms with Crippen molar-refractivity contribution in [1.29, 1.82) is 0 Å². The standard InChI is InChI=1S/C20H38O8/c1-5-7-23-9-11-25-13-15-27-19(21)17(3)18(4)20(22)28-16-14-26-12-10-24-8-6-2/h17-18H,5-16H2,1-4H3. The van der Waals surface area contributed by atoms with Crippen molar-refractivity contribution in [2.24, 2.45) is 11.8 Å². The first-order valence-corrected chi connectivity index (χ1v) is 10.2. The predicted molar refractivity (Wildman–Crippen MR) is 104 cm³/mol. The molecule has 0 radical (unpaired) electrons. The lowest BCUT2D eigenvalue weighted by atomic mass is 9.96. The van der Waals surface area contributed by atoms with Gasteiger partial charge in [-0.1, -0.05) is 27.7 Å². The number of hydrogen-bond donors (Lipinski definition) is 0. The molecular weight excluding hydrogens is 368 g/mol. The Morgan fingerprint density at radius 3 is 1.14 bits per heavy atom. The highest BCUT2D eigenvalue weighted by Gasteiger charge is 2.28. The maximum absolute atomic E-state index is 12.0. The Labute approximate surface area is 169 Å². The van der Waals surface area contributed by atoms with Crippen LogP contribution in [0.3, 0.4) is 0 Å². The number of carbonyl (C=O) groups excluding carboxylic acids is 2. The smallest absolute Gasteiger partial charge is 0.309 e. The molecule has 0 aliphatic carbocycles. The molecule has 8 heteroatoms. The summed E-state index contributed by atoms with van der Waals surface area (Å²) in [7, 11) is 0. The van der Waals surface area contributed by atoms with Crippen molar-refractivity contribution >= 4 is 11.9 Å². The molecule has 8 nitrogen and oxygen atoms in total. The van der Waals surface area contributed by atoms with Crippen molar-refractivity contribution < 1.29 is 38.0 Å². The Morgan fingerprint density at radius 2 is 0.821 bits per heavy atom. The fourth-order valence-corrected chi connectivity index (χ4v) is 2.01. The molecule has 0 spiro atoms. The van der Waals surface area contributed by atoms with Crippen LogP contribution in [0.5, 0.6) is 0 Å². The highest BCUT2D eigenvalue weighted by Crippen LogP contribution is 2.14. The molecule has 2 unspecified atom stereocenters. The van der Waals surface area contributed by atoms with Crippen LogP contribution in [0.1, 0.15) is 40.5 Å². The zero-order valence-electron chi connectivity index (χ0n) is 17.9. The number of rotatable bonds is 19. The molecule has 28 heavy (non-hydrogen) atoms. The molecule has 0 aliphatic rings. The molecule has 0 aromatic rings. The molecule has 0 aliphatic heterocycles. The maximum Gasteiger partial charge on any atom is 0.309 e. The van der Waals surface area contributed by atoms with Gasteiger partial charge in [0.2, 0.25) is 0 Å². The van der Waals surface area contributed by atoms with Crippen LogP contribution in [0.15, 0.2) is 0 Å². The van der Waals surface area contributed by atoms with E-state index < -0.39 is 23.8 Å². The highest BCUT2D eigenvalue weighted by molar-refractivity contribution is 5.81. The quantitative estimate of drug-likeness (QED) is 0.238. The minimum Gasteiger partial charge on any atom is -0.463 e. The first-order valence-electron chi connectivity index (χ1n) is 10.2. The average molecular weight is 407 g/mol. The molecule has 0 aromatic carbocycles. The Bertz CT molecular complexity index is 352. The van der Waals surface area contributed by atoms with Gasteiger partial charge in [0.05, 0.1) is 51.5 Å². The Balaban J connectivity index is 3.73. The maximum atomic E-state index is 12.0. The van der Waals surface area contributed by atoms with E-state index >= 15 is 0 Å². The minimum absolute atomic E-state index is 0.145. The van der Waals surface area contributed by atoms with E-state index in [0.717, 1.165) is 12.8 Å². The SMILES string of the molecule is CCCOCCOCCOC(=O)C(C)C(C)C(=O)OCCOCCOCCC. The number of hydrogen-bond acceptors (Lipinski definition) is 8. The lowest BCUT2D eigenvalue weighted by Gasteiger charge is -2.17. The normalized spacial score (nSPS) is 13.1. The zero-order chi connectivity index (χ0) is 21.0. The van der Waals surface area contributed by atoms with Crippen LogP contribution in [0, 0.1) is 11.8 Å². The van der Waals surface area contributed by atoms with E-state index in [1.807, 2.05) is 13.8 Å². The van der Waals surface area contributed by atoms with Gasteiger partial charge in [-0.2, -0.15) is 0 Å². The van der Waals surface area contributed by atoms with Gasteiger partial charge in [0.15, 0.2) is 0 Å². The van der Waals surface area contributed by atoms with Crippen LogP contribution < -0.4 is 0 Å². The van der Waals surface area contributed by atoms with Crippen molar-refractivity contribution in [3.05, 3.63) is 0 Å². The molecule has 0 aromatic heterocycles. The summed E-state index contributed by atoms with van der Waals surface area (Å²) in [5.41, 5.74) is 0. The Morgan fingerprint density at radius 1 is 0.536 bits per heavy atom. The molecule has 0 heterocycles. The van der Waals surface area contributed by atoms with Gasteiger partial charge >= 0.3 is 11.9 Å². The van der Waals surface area contributed by atoms with Gasteiger partial charge in [0.25, 0.3) is 0 Å². The lowest BCUT2D eigenvalue weighted by molar-refractivity contribution is -0.161. The zero-order valence-corrected chi connectivity index (χ0v) is 17.9. The van der Waals surface area contributed by atoms with Crippen molar-refractivity contribution in [3.63, 3.8) is 0 Å². The predicted octanol–water partition coefficient (Wildman–Crippen LogP) is 2.23. The number of carbonyl (C=O) groups is 2. The van der Waals surface area contributed by atoms with Crippen LogP contribution >= 0.6 is 0 Å².